The van der Waals surface area contributed by atoms with Crippen LogP contribution in [0.15, 0.2) is 36.4 Å². The molecule has 0 heterocycles. The number of ether oxygens (including phenoxy) is 1. The number of amides is 3. The lowest BCUT2D eigenvalue weighted by atomic mass is 9.91. The maximum atomic E-state index is 14.0. The number of rotatable bonds is 6. The van der Waals surface area contributed by atoms with Gasteiger partial charge >= 0.3 is 6.09 Å². The molecule has 196 valence electrons. The van der Waals surface area contributed by atoms with Crippen LogP contribution in [-0.4, -0.2) is 40.5 Å². The lowest BCUT2D eigenvalue weighted by Crippen LogP contribution is -2.54. The van der Waals surface area contributed by atoms with E-state index in [2.05, 4.69) is 10.6 Å². The Hall–Kier alpha value is -3.35. The van der Waals surface area contributed by atoms with Crippen molar-refractivity contribution in [2.75, 3.05) is 11.9 Å². The predicted molar refractivity (Wildman–Crippen MR) is 144 cm³/mol. The summed E-state index contributed by atoms with van der Waals surface area (Å²) in [5, 5.41) is 5.63. The molecular formula is C29H41N3O4. The van der Waals surface area contributed by atoms with Crippen molar-refractivity contribution in [1.29, 1.82) is 0 Å². The Kier molecular flexibility index (Phi) is 8.94. The summed E-state index contributed by atoms with van der Waals surface area (Å²) in [7, 11) is 0. The zero-order valence-electron chi connectivity index (χ0n) is 23.3. The first kappa shape index (κ1) is 28.9. The van der Waals surface area contributed by atoms with Gasteiger partial charge in [0.05, 0.1) is 0 Å². The van der Waals surface area contributed by atoms with Crippen LogP contribution in [0.25, 0.3) is 0 Å². The Bertz CT molecular complexity index is 1110. The summed E-state index contributed by atoms with van der Waals surface area (Å²) < 4.78 is 5.29. The van der Waals surface area contributed by atoms with Crippen molar-refractivity contribution in [2.45, 2.75) is 86.4 Å². The Morgan fingerprint density at radius 3 is 1.92 bits per heavy atom. The summed E-state index contributed by atoms with van der Waals surface area (Å²) in [4.78, 5) is 41.4. The lowest BCUT2D eigenvalue weighted by Gasteiger charge is -2.42. The molecule has 1 atom stereocenters. The van der Waals surface area contributed by atoms with Gasteiger partial charge in [-0.3, -0.25) is 9.59 Å². The molecule has 0 saturated heterocycles. The second kappa shape index (κ2) is 11.1. The highest BCUT2D eigenvalue weighted by atomic mass is 16.6. The average molecular weight is 496 g/mol. The zero-order chi connectivity index (χ0) is 27.4. The molecule has 0 aliphatic rings. The number of hydrogen-bond acceptors (Lipinski definition) is 4. The van der Waals surface area contributed by atoms with Crippen LogP contribution in [0.1, 0.15) is 75.4 Å². The maximum absolute atomic E-state index is 14.0. The molecule has 0 fully saturated rings. The van der Waals surface area contributed by atoms with Crippen LogP contribution in [0.2, 0.25) is 0 Å². The quantitative estimate of drug-likeness (QED) is 0.534. The van der Waals surface area contributed by atoms with Crippen LogP contribution >= 0.6 is 0 Å². The normalized spacial score (nSPS) is 12.5. The van der Waals surface area contributed by atoms with Gasteiger partial charge in [0.15, 0.2) is 0 Å². The number of carbonyl (C=O) groups excluding carboxylic acids is 3. The molecule has 7 heteroatoms. The minimum Gasteiger partial charge on any atom is -0.444 e. The number of carbonyl (C=O) groups is 3. The monoisotopic (exact) mass is 495 g/mol. The average Bonchev–Trinajstić information content (AvgIpc) is 2.73. The second-order valence-corrected chi connectivity index (χ2v) is 11.2. The van der Waals surface area contributed by atoms with Gasteiger partial charge < -0.3 is 20.3 Å². The van der Waals surface area contributed by atoms with Crippen molar-refractivity contribution in [3.05, 3.63) is 64.2 Å². The van der Waals surface area contributed by atoms with Gasteiger partial charge in [-0.15, -0.1) is 0 Å². The van der Waals surface area contributed by atoms with Gasteiger partial charge in [0.2, 0.25) is 5.91 Å². The molecule has 1 unspecified atom stereocenters. The number of benzene rings is 2. The minimum atomic E-state index is -0.920. The zero-order valence-corrected chi connectivity index (χ0v) is 23.3. The molecule has 2 aromatic carbocycles. The number of para-hydroxylation sites is 1. The first-order valence-electron chi connectivity index (χ1n) is 12.2. The highest BCUT2D eigenvalue weighted by Crippen LogP contribution is 2.33. The Morgan fingerprint density at radius 1 is 0.861 bits per heavy atom. The fraction of sp³-hybridized carbons (Fsp3) is 0.483. The number of anilines is 1. The predicted octanol–water partition coefficient (Wildman–Crippen LogP) is 5.75. The van der Waals surface area contributed by atoms with E-state index in [1.54, 1.807) is 25.7 Å². The second-order valence-electron chi connectivity index (χ2n) is 11.2. The Morgan fingerprint density at radius 2 is 1.39 bits per heavy atom. The third-order valence-electron chi connectivity index (χ3n) is 5.95. The molecule has 2 N–H and O–H groups in total. The van der Waals surface area contributed by atoms with Gasteiger partial charge in [0.1, 0.15) is 18.2 Å². The largest absolute Gasteiger partial charge is 0.444 e. The standard InChI is InChI=1S/C29H41N3O4/c1-18-13-12-16-22(21(18)4)25(26(34)31-24-19(2)14-11-15-20(24)3)32(28(5,6)7)23(33)17-30-27(35)36-29(8,9)10/h11-16,25H,17H2,1-10H3,(H,30,35)(H,31,34). The summed E-state index contributed by atoms with van der Waals surface area (Å²) in [6.45, 7) is 18.4. The number of hydrogen-bond donors (Lipinski definition) is 2. The molecule has 0 spiro atoms. The molecule has 0 saturated carbocycles. The Balaban J connectivity index is 2.53. The molecular weight excluding hydrogens is 454 g/mol. The molecule has 36 heavy (non-hydrogen) atoms. The van der Waals surface area contributed by atoms with Crippen molar-refractivity contribution in [1.82, 2.24) is 10.2 Å². The van der Waals surface area contributed by atoms with Gasteiger partial charge in [-0.1, -0.05) is 36.4 Å². The van der Waals surface area contributed by atoms with Gasteiger partial charge in [-0.2, -0.15) is 0 Å². The van der Waals surface area contributed by atoms with Crippen molar-refractivity contribution >= 4 is 23.6 Å². The molecule has 3 amide bonds. The molecule has 0 bridgehead atoms. The molecule has 2 aromatic rings. The highest BCUT2D eigenvalue weighted by molar-refractivity contribution is 5.99. The van der Waals surface area contributed by atoms with Crippen molar-refractivity contribution in [2.24, 2.45) is 0 Å². The summed E-state index contributed by atoms with van der Waals surface area (Å²) in [5.41, 5.74) is 3.86. The van der Waals surface area contributed by atoms with E-state index >= 15 is 0 Å². The minimum absolute atomic E-state index is 0.301. The smallest absolute Gasteiger partial charge is 0.408 e. The van der Waals surface area contributed by atoms with E-state index in [1.807, 2.05) is 84.9 Å². The SMILES string of the molecule is Cc1cccc(C(C(=O)Nc2c(C)cccc2C)N(C(=O)CNC(=O)OC(C)(C)C)C(C)(C)C)c1C. The first-order chi connectivity index (χ1) is 16.5. The van der Waals surface area contributed by atoms with Crippen LogP contribution in [0.4, 0.5) is 10.5 Å². The van der Waals surface area contributed by atoms with Crippen molar-refractivity contribution in [3.63, 3.8) is 0 Å². The van der Waals surface area contributed by atoms with E-state index in [0.717, 1.165) is 33.5 Å². The summed E-state index contributed by atoms with van der Waals surface area (Å²) >= 11 is 0. The van der Waals surface area contributed by atoms with E-state index in [-0.39, 0.29) is 12.5 Å². The molecule has 0 aromatic heterocycles. The molecule has 0 aliphatic heterocycles. The number of aryl methyl sites for hydroxylation is 3. The molecule has 0 aliphatic carbocycles. The lowest BCUT2D eigenvalue weighted by molar-refractivity contribution is -0.144. The van der Waals surface area contributed by atoms with E-state index in [1.165, 1.54) is 0 Å². The van der Waals surface area contributed by atoms with E-state index in [0.29, 0.717) is 0 Å². The van der Waals surface area contributed by atoms with Crippen LogP contribution in [-0.2, 0) is 14.3 Å². The van der Waals surface area contributed by atoms with Gasteiger partial charge in [-0.05, 0) is 97.1 Å². The number of nitrogens with zero attached hydrogens (tertiary/aromatic N) is 1. The third kappa shape index (κ3) is 7.33. The van der Waals surface area contributed by atoms with Gasteiger partial charge in [-0.25, -0.2) is 4.79 Å². The van der Waals surface area contributed by atoms with E-state index < -0.39 is 29.2 Å². The van der Waals surface area contributed by atoms with Crippen LogP contribution in [0.3, 0.4) is 0 Å². The van der Waals surface area contributed by atoms with E-state index in [9.17, 15) is 14.4 Å². The third-order valence-corrected chi connectivity index (χ3v) is 5.95. The number of nitrogens with one attached hydrogen (secondary N) is 2. The van der Waals surface area contributed by atoms with Crippen molar-refractivity contribution in [3.8, 4) is 0 Å². The Labute approximate surface area is 215 Å². The maximum Gasteiger partial charge on any atom is 0.408 e. The topological polar surface area (TPSA) is 87.7 Å². The first-order valence-corrected chi connectivity index (χ1v) is 12.2. The summed E-state index contributed by atoms with van der Waals surface area (Å²) in [6.07, 6.45) is -0.687. The van der Waals surface area contributed by atoms with E-state index in [4.69, 9.17) is 4.74 Å². The van der Waals surface area contributed by atoms with Crippen molar-refractivity contribution < 1.29 is 19.1 Å². The number of alkyl carbamates (subject to hydrolysis) is 1. The van der Waals surface area contributed by atoms with Crippen LogP contribution < -0.4 is 10.6 Å². The highest BCUT2D eigenvalue weighted by Gasteiger charge is 2.39. The fourth-order valence-electron chi connectivity index (χ4n) is 4.12. The van der Waals surface area contributed by atoms with Gasteiger partial charge in [0.25, 0.3) is 5.91 Å². The molecule has 0 radical (unpaired) electrons. The van der Waals surface area contributed by atoms with Crippen LogP contribution in [0.5, 0.6) is 0 Å². The summed E-state index contributed by atoms with van der Waals surface area (Å²) in [6, 6.07) is 10.6. The van der Waals surface area contributed by atoms with Gasteiger partial charge in [0, 0.05) is 11.2 Å². The fourth-order valence-corrected chi connectivity index (χ4v) is 4.12. The van der Waals surface area contributed by atoms with Crippen LogP contribution in [0, 0.1) is 27.7 Å². The molecule has 2 rings (SSSR count). The molecule has 7 nitrogen and oxygen atoms in total. The summed E-state index contributed by atoms with van der Waals surface area (Å²) in [5.74, 6) is -0.711.